The van der Waals surface area contributed by atoms with Crippen LogP contribution in [0.15, 0.2) is 12.2 Å². The molecule has 3 atom stereocenters. The average molecular weight is 351 g/mol. The Morgan fingerprint density at radius 3 is 2.42 bits per heavy atom. The molecule has 138 valence electrons. The summed E-state index contributed by atoms with van der Waals surface area (Å²) >= 11 is 0. The zero-order valence-electron chi connectivity index (χ0n) is 17.2. The molecule has 2 nitrogen and oxygen atoms in total. The highest BCUT2D eigenvalue weighted by molar-refractivity contribution is 6.74. The predicted molar refractivity (Wildman–Crippen MR) is 105 cm³/mol. The van der Waals surface area contributed by atoms with Crippen LogP contribution >= 0.6 is 0 Å². The van der Waals surface area contributed by atoms with Crippen LogP contribution in [-0.4, -0.2) is 20.7 Å². The molecule has 0 radical (unpaired) electrons. The topological polar surface area (TPSA) is 26.3 Å². The van der Waals surface area contributed by atoms with Gasteiger partial charge in [0.25, 0.3) is 0 Å². The summed E-state index contributed by atoms with van der Waals surface area (Å²) in [5, 5.41) is 0.225. The first kappa shape index (κ1) is 19.9. The molecule has 0 N–H and O–H groups in total. The lowest BCUT2D eigenvalue weighted by molar-refractivity contribution is -0.129. The Morgan fingerprint density at radius 1 is 1.21 bits per heavy atom. The Labute approximate surface area is 150 Å². The number of hydrogen-bond donors (Lipinski definition) is 0. The monoisotopic (exact) mass is 350 g/mol. The van der Waals surface area contributed by atoms with Gasteiger partial charge in [0.2, 0.25) is 0 Å². The molecule has 0 heterocycles. The molecule has 0 aliphatic heterocycles. The van der Waals surface area contributed by atoms with Crippen LogP contribution in [0.4, 0.5) is 0 Å². The first-order valence-corrected chi connectivity index (χ1v) is 12.6. The lowest BCUT2D eigenvalue weighted by Crippen LogP contribution is -2.50. The molecule has 0 aromatic rings. The summed E-state index contributed by atoms with van der Waals surface area (Å²) in [7, 11) is -1.74. The summed E-state index contributed by atoms with van der Waals surface area (Å²) in [4.78, 5) is 12.7. The number of carbonyl (C=O) groups excluding carboxylic acids is 1. The summed E-state index contributed by atoms with van der Waals surface area (Å²) in [5.41, 5.74) is 0.396. The zero-order valence-corrected chi connectivity index (χ0v) is 18.2. The van der Waals surface area contributed by atoms with E-state index in [1.54, 1.807) is 0 Å². The van der Waals surface area contributed by atoms with Crippen LogP contribution in [0.1, 0.15) is 67.2 Å². The smallest absolute Gasteiger partial charge is 0.191 e. The molecule has 2 rings (SSSR count). The maximum absolute atomic E-state index is 12.7. The zero-order chi connectivity index (χ0) is 18.4. The van der Waals surface area contributed by atoms with Gasteiger partial charge in [-0.25, -0.2) is 0 Å². The lowest BCUT2D eigenvalue weighted by Gasteiger charge is -2.54. The van der Waals surface area contributed by atoms with Crippen LogP contribution in [0.25, 0.3) is 0 Å². The van der Waals surface area contributed by atoms with Crippen molar-refractivity contribution in [1.29, 1.82) is 0 Å². The van der Waals surface area contributed by atoms with Crippen molar-refractivity contribution in [2.45, 2.75) is 85.4 Å². The molecule has 0 spiro atoms. The van der Waals surface area contributed by atoms with Gasteiger partial charge >= 0.3 is 0 Å². The number of rotatable bonds is 4. The van der Waals surface area contributed by atoms with Crippen LogP contribution in [0, 0.1) is 22.7 Å². The van der Waals surface area contributed by atoms with E-state index in [1.165, 1.54) is 19.3 Å². The second kappa shape index (κ2) is 6.39. The summed E-state index contributed by atoms with van der Waals surface area (Å²) < 4.78 is 6.38. The third kappa shape index (κ3) is 3.58. The van der Waals surface area contributed by atoms with Gasteiger partial charge in [0.15, 0.2) is 14.1 Å². The van der Waals surface area contributed by atoms with E-state index in [4.69, 9.17) is 4.43 Å². The van der Waals surface area contributed by atoms with Crippen LogP contribution in [0.5, 0.6) is 0 Å². The van der Waals surface area contributed by atoms with Gasteiger partial charge in [-0.2, -0.15) is 0 Å². The molecular weight excluding hydrogens is 312 g/mol. The maximum Gasteiger partial charge on any atom is 0.191 e. The Bertz CT molecular complexity index is 512. The Morgan fingerprint density at radius 2 is 1.83 bits per heavy atom. The largest absolute Gasteiger partial charge is 0.417 e. The number of hydrogen-bond acceptors (Lipinski definition) is 2. The Hall–Kier alpha value is -0.413. The van der Waals surface area contributed by atoms with Crippen molar-refractivity contribution >= 4 is 14.1 Å². The molecule has 0 bridgehead atoms. The van der Waals surface area contributed by atoms with Gasteiger partial charge in [-0.3, -0.25) is 4.79 Å². The van der Waals surface area contributed by atoms with E-state index in [2.05, 4.69) is 60.7 Å². The van der Waals surface area contributed by atoms with Gasteiger partial charge < -0.3 is 4.43 Å². The second-order valence-electron chi connectivity index (χ2n) is 10.5. The van der Waals surface area contributed by atoms with E-state index < -0.39 is 8.32 Å². The first-order chi connectivity index (χ1) is 10.8. The molecule has 2 aliphatic rings. The molecule has 0 aromatic carbocycles. The van der Waals surface area contributed by atoms with E-state index in [1.807, 2.05) is 6.08 Å². The fourth-order valence-electron chi connectivity index (χ4n) is 4.75. The number of ketones is 1. The van der Waals surface area contributed by atoms with Gasteiger partial charge in [0, 0.05) is 12.5 Å². The van der Waals surface area contributed by atoms with Crippen molar-refractivity contribution in [3.63, 3.8) is 0 Å². The lowest BCUT2D eigenvalue weighted by atomic mass is 9.49. The van der Waals surface area contributed by atoms with Crippen LogP contribution < -0.4 is 0 Å². The molecule has 0 saturated heterocycles. The normalized spacial score (nSPS) is 33.4. The van der Waals surface area contributed by atoms with Gasteiger partial charge in [0.1, 0.15) is 0 Å². The summed E-state index contributed by atoms with van der Waals surface area (Å²) in [6, 6.07) is 0. The van der Waals surface area contributed by atoms with E-state index in [9.17, 15) is 4.79 Å². The fourth-order valence-corrected chi connectivity index (χ4v) is 5.81. The van der Waals surface area contributed by atoms with Gasteiger partial charge in [-0.15, -0.1) is 0 Å². The minimum Gasteiger partial charge on any atom is -0.417 e. The third-order valence-electron chi connectivity index (χ3n) is 7.36. The van der Waals surface area contributed by atoms with Crippen LogP contribution in [0.2, 0.25) is 18.1 Å². The molecule has 2 aliphatic carbocycles. The summed E-state index contributed by atoms with van der Waals surface area (Å²) in [6.07, 6.45) is 8.63. The number of carbonyl (C=O) groups is 1. The second-order valence-corrected chi connectivity index (χ2v) is 15.3. The van der Waals surface area contributed by atoms with Gasteiger partial charge in [-0.05, 0) is 60.2 Å². The van der Waals surface area contributed by atoms with Crippen LogP contribution in [0.3, 0.4) is 0 Å². The van der Waals surface area contributed by atoms with Crippen molar-refractivity contribution in [1.82, 2.24) is 0 Å². The van der Waals surface area contributed by atoms with Gasteiger partial charge in [0.05, 0.1) is 0 Å². The Kier molecular flexibility index (Phi) is 5.30. The minimum atomic E-state index is -1.74. The minimum absolute atomic E-state index is 0.102. The predicted octanol–water partition coefficient (Wildman–Crippen LogP) is 5.99. The van der Waals surface area contributed by atoms with E-state index in [0.29, 0.717) is 17.1 Å². The van der Waals surface area contributed by atoms with Crippen molar-refractivity contribution < 1.29 is 9.22 Å². The quantitative estimate of drug-likeness (QED) is 0.582. The third-order valence-corrected chi connectivity index (χ3v) is 11.9. The van der Waals surface area contributed by atoms with E-state index in [-0.39, 0.29) is 16.4 Å². The fraction of sp³-hybridized carbons (Fsp3) is 0.857. The van der Waals surface area contributed by atoms with Crippen LogP contribution in [-0.2, 0) is 9.22 Å². The molecular formula is C21H38O2Si. The molecule has 1 saturated carbocycles. The highest BCUT2D eigenvalue weighted by atomic mass is 28.4. The molecule has 0 amide bonds. The average Bonchev–Trinajstić information content (AvgIpc) is 2.39. The molecule has 3 heteroatoms. The highest BCUT2D eigenvalue weighted by Crippen LogP contribution is 2.57. The molecule has 24 heavy (non-hydrogen) atoms. The van der Waals surface area contributed by atoms with Crippen molar-refractivity contribution in [2.75, 3.05) is 6.61 Å². The van der Waals surface area contributed by atoms with Gasteiger partial charge in [-0.1, -0.05) is 54.0 Å². The number of fused-ring (bicyclic) bond motifs is 1. The number of allylic oxidation sites excluding steroid dienone is 2. The standard InChI is InChI=1S/C21H38O2Si/c1-19(2,3)24(7,8)23-15-12-16-17(22)10-11-18-20(4,5)13-9-14-21(16,18)6/h10-11,16,18H,9,12-15H2,1-8H3/t16-,18-,21+/m0/s1. The summed E-state index contributed by atoms with van der Waals surface area (Å²) in [6.45, 7) is 19.2. The van der Waals surface area contributed by atoms with E-state index in [0.717, 1.165) is 13.0 Å². The Balaban J connectivity index is 2.12. The molecule has 0 unspecified atom stereocenters. The molecule has 1 fully saturated rings. The highest BCUT2D eigenvalue weighted by Gasteiger charge is 2.52. The maximum atomic E-state index is 12.7. The molecule has 0 aromatic heterocycles. The SMILES string of the molecule is CC1(C)CCC[C@]2(C)[C@@H](CCO[Si](C)(C)C(C)(C)C)C(=O)C=C[C@@H]12. The first-order valence-electron chi connectivity index (χ1n) is 9.67. The summed E-state index contributed by atoms with van der Waals surface area (Å²) in [5.74, 6) is 0.955. The van der Waals surface area contributed by atoms with Crippen molar-refractivity contribution in [3.8, 4) is 0 Å². The van der Waals surface area contributed by atoms with E-state index >= 15 is 0 Å². The van der Waals surface area contributed by atoms with Crippen molar-refractivity contribution in [2.24, 2.45) is 22.7 Å². The van der Waals surface area contributed by atoms with Crippen molar-refractivity contribution in [3.05, 3.63) is 12.2 Å².